The van der Waals surface area contributed by atoms with Crippen molar-refractivity contribution in [1.29, 1.82) is 0 Å². The van der Waals surface area contributed by atoms with Crippen LogP contribution in [0.25, 0.3) is 0 Å². The van der Waals surface area contributed by atoms with Gasteiger partial charge in [0.2, 0.25) is 0 Å². The molecular weight excluding hydrogens is 308 g/mol. The molecule has 1 rings (SSSR count). The van der Waals surface area contributed by atoms with E-state index in [0.717, 1.165) is 19.4 Å². The van der Waals surface area contributed by atoms with Crippen LogP contribution < -0.4 is 5.32 Å². The van der Waals surface area contributed by atoms with Gasteiger partial charge in [-0.2, -0.15) is 0 Å². The van der Waals surface area contributed by atoms with E-state index in [9.17, 15) is 4.79 Å². The van der Waals surface area contributed by atoms with Crippen LogP contribution in [0.2, 0.25) is 0 Å². The lowest BCUT2D eigenvalue weighted by atomic mass is 9.88. The second-order valence-corrected chi connectivity index (χ2v) is 8.33. The summed E-state index contributed by atoms with van der Waals surface area (Å²) in [4.78, 5) is 14.0. The fourth-order valence-electron chi connectivity index (χ4n) is 2.82. The third-order valence-corrected chi connectivity index (χ3v) is 4.22. The van der Waals surface area contributed by atoms with Gasteiger partial charge in [-0.15, -0.1) is 0 Å². The third kappa shape index (κ3) is 7.36. The predicted octanol–water partition coefficient (Wildman–Crippen LogP) is 2.40. The number of ether oxygens (including phenoxy) is 2. The van der Waals surface area contributed by atoms with Gasteiger partial charge in [0.15, 0.2) is 0 Å². The van der Waals surface area contributed by atoms with Gasteiger partial charge in [0, 0.05) is 32.3 Å². The second-order valence-electron chi connectivity index (χ2n) is 8.33. The zero-order chi connectivity index (χ0) is 18.4. The standard InChI is InChI=1S/C18H36N2O4/c1-7-23-15-12-20(16(22)24-17(2,3)4)10-8-14(15)19-13-18(5,6)9-11-21/h14-15,19,21H,7-13H2,1-6H3. The molecule has 2 unspecified atom stereocenters. The molecule has 1 aliphatic heterocycles. The lowest BCUT2D eigenvalue weighted by molar-refractivity contribution is -0.0325. The van der Waals surface area contributed by atoms with Gasteiger partial charge in [-0.3, -0.25) is 0 Å². The average Bonchev–Trinajstić information content (AvgIpc) is 2.44. The van der Waals surface area contributed by atoms with Crippen LogP contribution in [0.3, 0.4) is 0 Å². The number of likely N-dealkylation sites (tertiary alicyclic amines) is 1. The molecule has 24 heavy (non-hydrogen) atoms. The molecule has 0 radical (unpaired) electrons. The molecule has 1 heterocycles. The third-order valence-electron chi connectivity index (χ3n) is 4.22. The van der Waals surface area contributed by atoms with E-state index in [0.29, 0.717) is 19.7 Å². The Morgan fingerprint density at radius 3 is 2.50 bits per heavy atom. The maximum atomic E-state index is 12.3. The second kappa shape index (κ2) is 9.02. The molecule has 1 saturated heterocycles. The van der Waals surface area contributed by atoms with Crippen LogP contribution in [0.4, 0.5) is 4.79 Å². The number of aliphatic hydroxyl groups is 1. The average molecular weight is 344 g/mol. The van der Waals surface area contributed by atoms with Crippen molar-refractivity contribution in [3.8, 4) is 0 Å². The van der Waals surface area contributed by atoms with E-state index in [1.165, 1.54) is 0 Å². The fraction of sp³-hybridized carbons (Fsp3) is 0.944. The molecular formula is C18H36N2O4. The molecule has 0 saturated carbocycles. The summed E-state index contributed by atoms with van der Waals surface area (Å²) >= 11 is 0. The van der Waals surface area contributed by atoms with Crippen LogP contribution in [0.1, 0.15) is 54.4 Å². The van der Waals surface area contributed by atoms with Crippen LogP contribution in [0, 0.1) is 5.41 Å². The molecule has 1 amide bonds. The summed E-state index contributed by atoms with van der Waals surface area (Å²) in [6.07, 6.45) is 1.28. The van der Waals surface area contributed by atoms with Crippen molar-refractivity contribution in [1.82, 2.24) is 10.2 Å². The molecule has 2 atom stereocenters. The molecule has 6 nitrogen and oxygen atoms in total. The first kappa shape index (κ1) is 21.2. The Hall–Kier alpha value is -0.850. The number of carbonyl (C=O) groups excluding carboxylic acids is 1. The largest absolute Gasteiger partial charge is 0.444 e. The molecule has 1 aliphatic rings. The smallest absolute Gasteiger partial charge is 0.410 e. The first-order valence-corrected chi connectivity index (χ1v) is 9.02. The van der Waals surface area contributed by atoms with Gasteiger partial charge in [-0.1, -0.05) is 13.8 Å². The Bertz CT molecular complexity index is 393. The molecule has 0 spiro atoms. The summed E-state index contributed by atoms with van der Waals surface area (Å²) in [7, 11) is 0. The van der Waals surface area contributed by atoms with Crippen molar-refractivity contribution in [3.63, 3.8) is 0 Å². The summed E-state index contributed by atoms with van der Waals surface area (Å²) in [5.74, 6) is 0. The summed E-state index contributed by atoms with van der Waals surface area (Å²) in [6.45, 7) is 14.7. The van der Waals surface area contributed by atoms with E-state index in [1.807, 2.05) is 27.7 Å². The molecule has 0 aromatic carbocycles. The molecule has 142 valence electrons. The highest BCUT2D eigenvalue weighted by Crippen LogP contribution is 2.22. The number of nitrogens with one attached hydrogen (secondary N) is 1. The number of hydrogen-bond donors (Lipinski definition) is 2. The summed E-state index contributed by atoms with van der Waals surface area (Å²) in [6, 6.07) is 0.210. The van der Waals surface area contributed by atoms with Gasteiger partial charge in [0.1, 0.15) is 5.60 Å². The van der Waals surface area contributed by atoms with Gasteiger partial charge < -0.3 is 24.8 Å². The number of piperidine rings is 1. The minimum absolute atomic E-state index is 0.0355. The van der Waals surface area contributed by atoms with Crippen molar-refractivity contribution in [3.05, 3.63) is 0 Å². The highest BCUT2D eigenvalue weighted by molar-refractivity contribution is 5.68. The number of hydrogen-bond acceptors (Lipinski definition) is 5. The Balaban J connectivity index is 2.60. The van der Waals surface area contributed by atoms with Crippen molar-refractivity contribution in [2.75, 3.05) is 32.8 Å². The molecule has 0 aliphatic carbocycles. The van der Waals surface area contributed by atoms with Crippen LogP contribution in [-0.2, 0) is 9.47 Å². The van der Waals surface area contributed by atoms with Gasteiger partial charge in [-0.05, 0) is 46.0 Å². The van der Waals surface area contributed by atoms with Gasteiger partial charge in [0.05, 0.1) is 12.6 Å². The lowest BCUT2D eigenvalue weighted by Gasteiger charge is -2.40. The number of nitrogens with zero attached hydrogens (tertiary/aromatic N) is 1. The Morgan fingerprint density at radius 2 is 1.96 bits per heavy atom. The van der Waals surface area contributed by atoms with E-state index in [1.54, 1.807) is 4.90 Å². The predicted molar refractivity (Wildman–Crippen MR) is 95.1 cm³/mol. The summed E-state index contributed by atoms with van der Waals surface area (Å²) in [5.41, 5.74) is -0.449. The molecule has 2 N–H and O–H groups in total. The van der Waals surface area contributed by atoms with Crippen LogP contribution >= 0.6 is 0 Å². The van der Waals surface area contributed by atoms with Crippen LogP contribution in [0.5, 0.6) is 0 Å². The Kier molecular flexibility index (Phi) is 7.96. The van der Waals surface area contributed by atoms with Crippen molar-refractivity contribution >= 4 is 6.09 Å². The van der Waals surface area contributed by atoms with Gasteiger partial charge in [0.25, 0.3) is 0 Å². The lowest BCUT2D eigenvalue weighted by Crippen LogP contribution is -2.56. The highest BCUT2D eigenvalue weighted by Gasteiger charge is 2.34. The zero-order valence-corrected chi connectivity index (χ0v) is 16.2. The molecule has 6 heteroatoms. The van der Waals surface area contributed by atoms with E-state index >= 15 is 0 Å². The van der Waals surface area contributed by atoms with Crippen molar-refractivity contribution in [2.45, 2.75) is 72.1 Å². The Labute approximate surface area is 146 Å². The SMILES string of the molecule is CCOC1CN(C(=O)OC(C)(C)C)CCC1NCC(C)(C)CCO. The van der Waals surface area contributed by atoms with E-state index < -0.39 is 5.60 Å². The zero-order valence-electron chi connectivity index (χ0n) is 16.2. The number of carbonyl (C=O) groups is 1. The first-order valence-electron chi connectivity index (χ1n) is 9.02. The van der Waals surface area contributed by atoms with Gasteiger partial charge >= 0.3 is 6.09 Å². The number of amides is 1. The number of aliphatic hydroxyl groups excluding tert-OH is 1. The van der Waals surface area contributed by atoms with E-state index in [-0.39, 0.29) is 30.3 Å². The molecule has 0 bridgehead atoms. The van der Waals surface area contributed by atoms with Crippen molar-refractivity contribution in [2.24, 2.45) is 5.41 Å². The minimum atomic E-state index is -0.485. The Morgan fingerprint density at radius 1 is 1.29 bits per heavy atom. The minimum Gasteiger partial charge on any atom is -0.444 e. The monoisotopic (exact) mass is 344 g/mol. The van der Waals surface area contributed by atoms with Gasteiger partial charge in [-0.25, -0.2) is 4.79 Å². The fourth-order valence-corrected chi connectivity index (χ4v) is 2.82. The van der Waals surface area contributed by atoms with Crippen LogP contribution in [-0.4, -0.2) is 66.7 Å². The first-order chi connectivity index (χ1) is 11.1. The van der Waals surface area contributed by atoms with Crippen LogP contribution in [0.15, 0.2) is 0 Å². The normalized spacial score (nSPS) is 22.5. The summed E-state index contributed by atoms with van der Waals surface area (Å²) in [5, 5.41) is 12.7. The maximum absolute atomic E-state index is 12.3. The van der Waals surface area contributed by atoms with Crippen molar-refractivity contribution < 1.29 is 19.4 Å². The van der Waals surface area contributed by atoms with E-state index in [4.69, 9.17) is 14.6 Å². The summed E-state index contributed by atoms with van der Waals surface area (Å²) < 4.78 is 11.3. The molecule has 1 fully saturated rings. The number of rotatable bonds is 7. The maximum Gasteiger partial charge on any atom is 0.410 e. The topological polar surface area (TPSA) is 71.0 Å². The molecule has 0 aromatic rings. The molecule has 0 aromatic heterocycles. The highest BCUT2D eigenvalue weighted by atomic mass is 16.6. The van der Waals surface area contributed by atoms with E-state index in [2.05, 4.69) is 19.2 Å². The quantitative estimate of drug-likeness (QED) is 0.742.